The maximum atomic E-state index is 6.21. The summed E-state index contributed by atoms with van der Waals surface area (Å²) in [5.41, 5.74) is 8.04. The zero-order valence-electron chi connectivity index (χ0n) is 28.4. The minimum absolute atomic E-state index is 0.628. The van der Waals surface area contributed by atoms with Crippen LogP contribution >= 0.6 is 0 Å². The van der Waals surface area contributed by atoms with Gasteiger partial charge in [-0.15, -0.1) is 0 Å². The highest BCUT2D eigenvalue weighted by Crippen LogP contribution is 2.38. The van der Waals surface area contributed by atoms with Crippen LogP contribution in [0.5, 0.6) is 0 Å². The number of allylic oxidation sites excluding steroid dienone is 5. The molecule has 7 aromatic carbocycles. The predicted molar refractivity (Wildman–Crippen MR) is 216 cm³/mol. The lowest BCUT2D eigenvalue weighted by Gasteiger charge is -2.11. The van der Waals surface area contributed by atoms with Crippen LogP contribution < -0.4 is 0 Å². The molecule has 2 aromatic heterocycles. The summed E-state index contributed by atoms with van der Waals surface area (Å²) < 4.78 is 6.21. The van der Waals surface area contributed by atoms with Crippen molar-refractivity contribution in [2.45, 2.75) is 6.42 Å². The van der Waals surface area contributed by atoms with Gasteiger partial charge in [0.05, 0.1) is 0 Å². The van der Waals surface area contributed by atoms with E-state index in [9.17, 15) is 0 Å². The number of furan rings is 1. The number of hydrogen-bond donors (Lipinski definition) is 0. The summed E-state index contributed by atoms with van der Waals surface area (Å²) in [6, 6.07) is 50.7. The van der Waals surface area contributed by atoms with Gasteiger partial charge < -0.3 is 4.42 Å². The van der Waals surface area contributed by atoms with Crippen LogP contribution in [-0.4, -0.2) is 15.0 Å². The molecule has 0 fully saturated rings. The van der Waals surface area contributed by atoms with Crippen molar-refractivity contribution in [3.63, 3.8) is 0 Å². The van der Waals surface area contributed by atoms with Gasteiger partial charge in [0.2, 0.25) is 0 Å². The summed E-state index contributed by atoms with van der Waals surface area (Å²) in [6.45, 7) is 3.74. The van der Waals surface area contributed by atoms with Crippen LogP contribution in [0.4, 0.5) is 0 Å². The molecular weight excluding hydrogens is 635 g/mol. The first-order valence-corrected chi connectivity index (χ1v) is 17.4. The zero-order valence-corrected chi connectivity index (χ0v) is 28.4. The molecule has 0 radical (unpaired) electrons. The van der Waals surface area contributed by atoms with E-state index in [2.05, 4.69) is 140 Å². The first-order chi connectivity index (χ1) is 25.7. The van der Waals surface area contributed by atoms with Crippen molar-refractivity contribution in [1.29, 1.82) is 0 Å². The zero-order chi connectivity index (χ0) is 34.9. The lowest BCUT2D eigenvalue weighted by molar-refractivity contribution is 0.669. The molecule has 9 rings (SSSR count). The molecule has 0 spiro atoms. The maximum absolute atomic E-state index is 6.21. The monoisotopic (exact) mass is 667 g/mol. The first kappa shape index (κ1) is 31.1. The fraction of sp³-hybridized carbons (Fsp3) is 0.0208. The summed E-state index contributed by atoms with van der Waals surface area (Å²) in [6.07, 6.45) is 10.6. The normalized spacial score (nSPS) is 11.8. The smallest absolute Gasteiger partial charge is 0.164 e. The van der Waals surface area contributed by atoms with Gasteiger partial charge in [-0.2, -0.15) is 0 Å². The van der Waals surface area contributed by atoms with Crippen molar-refractivity contribution in [3.05, 3.63) is 188 Å². The second-order valence-corrected chi connectivity index (χ2v) is 12.9. The van der Waals surface area contributed by atoms with Crippen molar-refractivity contribution >= 4 is 43.5 Å². The van der Waals surface area contributed by atoms with Gasteiger partial charge in [-0.3, -0.25) is 0 Å². The number of hydrogen-bond acceptors (Lipinski definition) is 4. The molecule has 246 valence electrons. The second kappa shape index (κ2) is 13.4. The highest BCUT2D eigenvalue weighted by Gasteiger charge is 2.15. The molecule has 9 aromatic rings. The molecule has 0 amide bonds. The summed E-state index contributed by atoms with van der Waals surface area (Å²) in [7, 11) is 0. The van der Waals surface area contributed by atoms with Crippen LogP contribution in [0.2, 0.25) is 0 Å². The van der Waals surface area contributed by atoms with E-state index >= 15 is 0 Å². The molecule has 0 atom stereocenters. The number of fused-ring (bicyclic) bond motifs is 5. The summed E-state index contributed by atoms with van der Waals surface area (Å²) in [5.74, 6) is 1.90. The summed E-state index contributed by atoms with van der Waals surface area (Å²) >= 11 is 0. The highest BCUT2D eigenvalue weighted by molar-refractivity contribution is 6.13. The van der Waals surface area contributed by atoms with Crippen LogP contribution in [0.25, 0.3) is 88.8 Å². The van der Waals surface area contributed by atoms with E-state index in [-0.39, 0.29) is 0 Å². The molecule has 0 bridgehead atoms. The van der Waals surface area contributed by atoms with Crippen LogP contribution in [0.15, 0.2) is 187 Å². The molecule has 4 heteroatoms. The fourth-order valence-corrected chi connectivity index (χ4v) is 6.92. The molecular formula is C48H33N3O. The Morgan fingerprint density at radius 2 is 1.10 bits per heavy atom. The SMILES string of the molecule is C=C/C=C\C=C/Cc1cccc(-c2nc(-c3ccc4ccccc4c3)nc(-c3ccc4ccc(-c5cccc6oc7ccccc7c56)cc4c3)n2)c1. The Kier molecular flexibility index (Phi) is 8.03. The molecule has 52 heavy (non-hydrogen) atoms. The van der Waals surface area contributed by atoms with Gasteiger partial charge in [-0.25, -0.2) is 15.0 Å². The maximum Gasteiger partial charge on any atom is 0.164 e. The standard InChI is InChI=1S/C48H33N3O/c1-2-3-4-5-6-13-32-14-11-17-37(28-32)46-49-47(38-26-23-33-15-7-8-16-35(33)29-38)51-48(50-46)39-27-24-34-22-25-36(30-40(34)31-39)41-19-12-21-44-45(41)42-18-9-10-20-43(42)52-44/h2-12,14-31H,1,13H2/b4-3-,6-5-. The molecule has 0 saturated heterocycles. The average molecular weight is 668 g/mol. The van der Waals surface area contributed by atoms with Crippen molar-refractivity contribution in [3.8, 4) is 45.3 Å². The Morgan fingerprint density at radius 1 is 0.481 bits per heavy atom. The summed E-state index contributed by atoms with van der Waals surface area (Å²) in [4.78, 5) is 15.3. The van der Waals surface area contributed by atoms with Gasteiger partial charge in [0, 0.05) is 27.5 Å². The third-order valence-corrected chi connectivity index (χ3v) is 9.49. The Labute approximate surface area is 301 Å². The lowest BCUT2D eigenvalue weighted by atomic mass is 9.96. The Bertz CT molecular complexity index is 2860. The third kappa shape index (κ3) is 5.97. The molecule has 0 saturated carbocycles. The van der Waals surface area contributed by atoms with Crippen molar-refractivity contribution in [2.24, 2.45) is 0 Å². The van der Waals surface area contributed by atoms with E-state index in [4.69, 9.17) is 19.4 Å². The van der Waals surface area contributed by atoms with Gasteiger partial charge in [0.1, 0.15) is 11.2 Å². The van der Waals surface area contributed by atoms with E-state index in [0.717, 1.165) is 72.3 Å². The number of aromatic nitrogens is 3. The number of para-hydroxylation sites is 1. The van der Waals surface area contributed by atoms with E-state index < -0.39 is 0 Å². The summed E-state index contributed by atoms with van der Waals surface area (Å²) in [5, 5.41) is 6.81. The Morgan fingerprint density at radius 3 is 1.88 bits per heavy atom. The molecule has 2 heterocycles. The highest BCUT2D eigenvalue weighted by atomic mass is 16.3. The molecule has 0 aliphatic carbocycles. The van der Waals surface area contributed by atoms with E-state index in [0.29, 0.717) is 17.5 Å². The van der Waals surface area contributed by atoms with E-state index in [1.807, 2.05) is 36.4 Å². The van der Waals surface area contributed by atoms with Gasteiger partial charge in [0.25, 0.3) is 0 Å². The van der Waals surface area contributed by atoms with Gasteiger partial charge in [0.15, 0.2) is 17.5 Å². The lowest BCUT2D eigenvalue weighted by Crippen LogP contribution is -2.00. The number of nitrogens with zero attached hydrogens (tertiary/aromatic N) is 3. The van der Waals surface area contributed by atoms with E-state index in [1.165, 1.54) is 10.9 Å². The Hall–Kier alpha value is -6.91. The van der Waals surface area contributed by atoms with Crippen molar-refractivity contribution < 1.29 is 4.42 Å². The number of rotatable bonds is 8. The van der Waals surface area contributed by atoms with Crippen LogP contribution in [0.3, 0.4) is 0 Å². The average Bonchev–Trinajstić information content (AvgIpc) is 3.59. The third-order valence-electron chi connectivity index (χ3n) is 9.49. The van der Waals surface area contributed by atoms with E-state index in [1.54, 1.807) is 6.08 Å². The molecule has 0 N–H and O–H groups in total. The fourth-order valence-electron chi connectivity index (χ4n) is 6.92. The minimum atomic E-state index is 0.628. The van der Waals surface area contributed by atoms with Crippen molar-refractivity contribution in [2.75, 3.05) is 0 Å². The first-order valence-electron chi connectivity index (χ1n) is 17.4. The quantitative estimate of drug-likeness (QED) is 0.151. The molecule has 0 aliphatic rings. The van der Waals surface area contributed by atoms with Crippen molar-refractivity contribution in [1.82, 2.24) is 15.0 Å². The van der Waals surface area contributed by atoms with Gasteiger partial charge in [-0.1, -0.05) is 146 Å². The Balaban J connectivity index is 1.16. The predicted octanol–water partition coefficient (Wildman–Crippen LogP) is 12.6. The van der Waals surface area contributed by atoms with Gasteiger partial charge in [-0.05, 0) is 81.1 Å². The van der Waals surface area contributed by atoms with Gasteiger partial charge >= 0.3 is 0 Å². The van der Waals surface area contributed by atoms with Crippen LogP contribution in [0, 0.1) is 0 Å². The molecule has 0 unspecified atom stereocenters. The molecule has 4 nitrogen and oxygen atoms in total. The molecule has 0 aliphatic heterocycles. The number of benzene rings is 7. The largest absolute Gasteiger partial charge is 0.456 e. The minimum Gasteiger partial charge on any atom is -0.456 e. The van der Waals surface area contributed by atoms with Crippen LogP contribution in [0.1, 0.15) is 5.56 Å². The van der Waals surface area contributed by atoms with Crippen LogP contribution in [-0.2, 0) is 6.42 Å². The topological polar surface area (TPSA) is 51.8 Å². The second-order valence-electron chi connectivity index (χ2n) is 12.9.